The van der Waals surface area contributed by atoms with Crippen LogP contribution in [0, 0.1) is 46.3 Å². The lowest BCUT2D eigenvalue weighted by Crippen LogP contribution is -2.55. The summed E-state index contributed by atoms with van der Waals surface area (Å²) in [5.74, 6) is 0.263. The van der Waals surface area contributed by atoms with Crippen molar-refractivity contribution in [3.63, 3.8) is 0 Å². The number of ether oxygens (including phenoxy) is 5. The topological polar surface area (TPSA) is 80.3 Å². The molecule has 0 radical (unpaired) electrons. The molecule has 0 spiro atoms. The highest BCUT2D eigenvalue weighted by Crippen LogP contribution is 2.66. The first-order chi connectivity index (χ1) is 23.1. The number of Topliss-reactive ketones (excluding diaryl/α,β-unsaturated/α-hetero) is 1. The molecule has 7 heteroatoms. The second kappa shape index (κ2) is 15.2. The molecule has 0 aromatic carbocycles. The molecule has 48 heavy (non-hydrogen) atoms. The number of hydrogen-bond donors (Lipinski definition) is 0. The van der Waals surface area contributed by atoms with E-state index in [9.17, 15) is 9.59 Å². The first-order valence-corrected chi connectivity index (χ1v) is 19.3. The average Bonchev–Trinajstić information content (AvgIpc) is 3.44. The van der Waals surface area contributed by atoms with Gasteiger partial charge in [0, 0.05) is 31.0 Å². The van der Waals surface area contributed by atoms with Crippen LogP contribution in [-0.4, -0.2) is 56.4 Å². The average molecular weight is 667 g/mol. The first kappa shape index (κ1) is 36.0. The molecular formula is C41H62O7. The Kier molecular flexibility index (Phi) is 11.4. The maximum Gasteiger partial charge on any atom is 0.316 e. The number of rotatable bonds is 12. The van der Waals surface area contributed by atoms with Crippen molar-refractivity contribution in [2.75, 3.05) is 19.8 Å². The van der Waals surface area contributed by atoms with Gasteiger partial charge in [-0.3, -0.25) is 9.59 Å². The molecule has 6 rings (SSSR count). The molecule has 2 heterocycles. The summed E-state index contributed by atoms with van der Waals surface area (Å²) in [7, 11) is 0. The second-order valence-corrected chi connectivity index (χ2v) is 16.6. The van der Waals surface area contributed by atoms with Crippen molar-refractivity contribution in [3.8, 4) is 0 Å². The minimum Gasteiger partial charge on any atom is -0.461 e. The molecule has 5 fully saturated rings. The van der Waals surface area contributed by atoms with Gasteiger partial charge in [0.2, 0.25) is 0 Å². The van der Waals surface area contributed by atoms with Crippen LogP contribution >= 0.6 is 0 Å². The molecule has 268 valence electrons. The fourth-order valence-corrected chi connectivity index (χ4v) is 10.8. The number of hydrogen-bond acceptors (Lipinski definition) is 7. The van der Waals surface area contributed by atoms with Crippen LogP contribution in [0.4, 0.5) is 0 Å². The standard InChI is InChI=1S/C41H62O7/c1-7-20-46-39(43)31(38(42)26(2)3)23-27(4)32-16-17-33-30-15-14-28-24-29(47-36-12-8-10-21-44-36)25-35(48-37-13-9-11-22-45-37)41(28,6)34(30)18-19-40(32,33)5/h7,14-15,26-27,29,31-37H,1,8-13,16-25H2,2-6H3/t27-,29-,31?,32-,33+,34+,35+,36?,37?,40-,41+/m1/s1. The van der Waals surface area contributed by atoms with Gasteiger partial charge in [-0.2, -0.15) is 0 Å². The highest BCUT2D eigenvalue weighted by atomic mass is 16.7. The van der Waals surface area contributed by atoms with E-state index in [1.165, 1.54) is 5.57 Å². The molecule has 0 amide bonds. The lowest BCUT2D eigenvalue weighted by atomic mass is 9.49. The molecule has 0 bridgehead atoms. The van der Waals surface area contributed by atoms with Crippen molar-refractivity contribution in [3.05, 3.63) is 36.0 Å². The van der Waals surface area contributed by atoms with E-state index in [1.54, 1.807) is 11.6 Å². The Bertz CT molecular complexity index is 1230. The third kappa shape index (κ3) is 7.05. The maximum atomic E-state index is 13.2. The molecule has 3 unspecified atom stereocenters. The first-order valence-electron chi connectivity index (χ1n) is 19.3. The van der Waals surface area contributed by atoms with Gasteiger partial charge < -0.3 is 23.7 Å². The summed E-state index contributed by atoms with van der Waals surface area (Å²) in [4.78, 5) is 26.3. The smallest absolute Gasteiger partial charge is 0.316 e. The minimum atomic E-state index is -0.714. The van der Waals surface area contributed by atoms with Crippen LogP contribution in [-0.2, 0) is 33.3 Å². The zero-order chi connectivity index (χ0) is 34.1. The fraction of sp³-hybridized carbons (Fsp3) is 0.805. The summed E-state index contributed by atoms with van der Waals surface area (Å²) >= 11 is 0. The second-order valence-electron chi connectivity index (χ2n) is 16.6. The van der Waals surface area contributed by atoms with E-state index in [4.69, 9.17) is 23.7 Å². The Balaban J connectivity index is 1.23. The number of ketones is 1. The Morgan fingerprint density at radius 2 is 1.65 bits per heavy atom. The number of allylic oxidation sites excluding steroid dienone is 3. The van der Waals surface area contributed by atoms with Crippen LogP contribution in [0.15, 0.2) is 36.0 Å². The summed E-state index contributed by atoms with van der Waals surface area (Å²) < 4.78 is 31.3. The summed E-state index contributed by atoms with van der Waals surface area (Å²) in [6, 6.07) is 0. The van der Waals surface area contributed by atoms with Gasteiger partial charge in [0.05, 0.1) is 12.2 Å². The van der Waals surface area contributed by atoms with Gasteiger partial charge >= 0.3 is 5.97 Å². The van der Waals surface area contributed by atoms with Gasteiger partial charge in [-0.05, 0) is 106 Å². The van der Waals surface area contributed by atoms with E-state index in [2.05, 4.69) is 39.5 Å². The largest absolute Gasteiger partial charge is 0.461 e. The molecule has 11 atom stereocenters. The molecular weight excluding hydrogens is 604 g/mol. The summed E-state index contributed by atoms with van der Waals surface area (Å²) in [5, 5.41) is 0. The van der Waals surface area contributed by atoms with Gasteiger partial charge in [-0.25, -0.2) is 0 Å². The molecule has 6 aliphatic rings. The highest BCUT2D eigenvalue weighted by Gasteiger charge is 2.60. The van der Waals surface area contributed by atoms with Gasteiger partial charge in [-0.15, -0.1) is 0 Å². The van der Waals surface area contributed by atoms with Gasteiger partial charge in [-0.1, -0.05) is 70.6 Å². The molecule has 0 aromatic heterocycles. The van der Waals surface area contributed by atoms with Crippen molar-refractivity contribution in [2.45, 2.75) is 143 Å². The molecule has 0 aromatic rings. The van der Waals surface area contributed by atoms with Crippen LogP contribution < -0.4 is 0 Å². The summed E-state index contributed by atoms with van der Waals surface area (Å²) in [6.07, 6.45) is 19.7. The van der Waals surface area contributed by atoms with E-state index < -0.39 is 11.9 Å². The van der Waals surface area contributed by atoms with E-state index in [1.807, 2.05) is 13.8 Å². The lowest BCUT2D eigenvalue weighted by molar-refractivity contribution is -0.242. The molecule has 0 N–H and O–H groups in total. The van der Waals surface area contributed by atoms with E-state index in [-0.39, 0.29) is 59.8 Å². The Hall–Kier alpha value is -1.80. The van der Waals surface area contributed by atoms with Gasteiger partial charge in [0.1, 0.15) is 18.3 Å². The van der Waals surface area contributed by atoms with Crippen LogP contribution in [0.5, 0.6) is 0 Å². The van der Waals surface area contributed by atoms with Crippen LogP contribution in [0.25, 0.3) is 0 Å². The lowest BCUT2D eigenvalue weighted by Gasteiger charge is -2.58. The molecule has 4 aliphatic carbocycles. The third-order valence-corrected chi connectivity index (χ3v) is 13.4. The zero-order valence-electron chi connectivity index (χ0n) is 30.4. The number of fused-ring (bicyclic) bond motifs is 5. The monoisotopic (exact) mass is 666 g/mol. The summed E-state index contributed by atoms with van der Waals surface area (Å²) in [5.41, 5.74) is 3.08. The van der Waals surface area contributed by atoms with Crippen LogP contribution in [0.2, 0.25) is 0 Å². The Morgan fingerprint density at radius 3 is 2.29 bits per heavy atom. The van der Waals surface area contributed by atoms with Crippen molar-refractivity contribution in [1.82, 2.24) is 0 Å². The van der Waals surface area contributed by atoms with Crippen LogP contribution in [0.3, 0.4) is 0 Å². The molecule has 3 saturated carbocycles. The predicted octanol–water partition coefficient (Wildman–Crippen LogP) is 8.52. The van der Waals surface area contributed by atoms with Crippen molar-refractivity contribution < 1.29 is 33.3 Å². The highest BCUT2D eigenvalue weighted by molar-refractivity contribution is 5.99. The van der Waals surface area contributed by atoms with E-state index in [0.717, 1.165) is 90.3 Å². The van der Waals surface area contributed by atoms with Crippen molar-refractivity contribution in [2.24, 2.45) is 46.3 Å². The van der Waals surface area contributed by atoms with Crippen LogP contribution in [0.1, 0.15) is 118 Å². The van der Waals surface area contributed by atoms with Crippen molar-refractivity contribution >= 4 is 11.8 Å². The SMILES string of the molecule is C=CCOC(=O)C(C[C@@H](C)[C@H]1CC[C@H]2C3=CC=C4C[C@@H](OC5CCCCO5)C[C@H](OC5CCCCO5)[C@]4(C)[C@H]3CC[C@]12C)C(=O)C(C)C. The number of carbonyl (C=O) groups is 2. The Labute approximate surface area is 289 Å². The predicted molar refractivity (Wildman–Crippen MR) is 186 cm³/mol. The zero-order valence-corrected chi connectivity index (χ0v) is 30.4. The van der Waals surface area contributed by atoms with Crippen molar-refractivity contribution in [1.29, 1.82) is 0 Å². The van der Waals surface area contributed by atoms with Gasteiger partial charge in [0.15, 0.2) is 12.6 Å². The van der Waals surface area contributed by atoms with E-state index >= 15 is 0 Å². The molecule has 2 saturated heterocycles. The third-order valence-electron chi connectivity index (χ3n) is 13.4. The normalized spacial score (nSPS) is 39.2. The molecule has 7 nitrogen and oxygen atoms in total. The van der Waals surface area contributed by atoms with Gasteiger partial charge in [0.25, 0.3) is 0 Å². The number of esters is 1. The van der Waals surface area contributed by atoms with E-state index in [0.29, 0.717) is 24.2 Å². The molecule has 2 aliphatic heterocycles. The number of carbonyl (C=O) groups excluding carboxylic acids is 2. The maximum absolute atomic E-state index is 13.2. The quantitative estimate of drug-likeness (QED) is 0.117. The summed E-state index contributed by atoms with van der Waals surface area (Å²) in [6.45, 7) is 16.4. The minimum absolute atomic E-state index is 0.0116. The fourth-order valence-electron chi connectivity index (χ4n) is 10.8. The Morgan fingerprint density at radius 1 is 0.938 bits per heavy atom.